The molecule has 3 N–H and O–H groups in total. The summed E-state index contributed by atoms with van der Waals surface area (Å²) in [7, 11) is 0. The molecule has 1 aliphatic carbocycles. The Bertz CT molecular complexity index is 386. The van der Waals surface area contributed by atoms with Gasteiger partial charge in [0.2, 0.25) is 11.8 Å². The van der Waals surface area contributed by atoms with Crippen molar-refractivity contribution in [2.75, 3.05) is 13.1 Å². The van der Waals surface area contributed by atoms with E-state index in [1.165, 1.54) is 12.8 Å². The Balaban J connectivity index is 1.87. The van der Waals surface area contributed by atoms with Gasteiger partial charge in [0.05, 0.1) is 12.6 Å². The highest BCUT2D eigenvalue weighted by molar-refractivity contribution is 5.82. The van der Waals surface area contributed by atoms with Gasteiger partial charge in [0.15, 0.2) is 0 Å². The summed E-state index contributed by atoms with van der Waals surface area (Å²) in [5, 5.41) is 3.17. The van der Waals surface area contributed by atoms with Crippen LogP contribution in [0.5, 0.6) is 0 Å². The van der Waals surface area contributed by atoms with Crippen LogP contribution >= 0.6 is 0 Å². The number of carbonyl (C=O) groups is 2. The van der Waals surface area contributed by atoms with Gasteiger partial charge < -0.3 is 11.1 Å². The van der Waals surface area contributed by atoms with E-state index in [0.717, 1.165) is 32.2 Å². The molecule has 4 atom stereocenters. The van der Waals surface area contributed by atoms with Crippen LogP contribution in [0.25, 0.3) is 0 Å². The summed E-state index contributed by atoms with van der Waals surface area (Å²) in [4.78, 5) is 25.7. The highest BCUT2D eigenvalue weighted by Gasteiger charge is 2.31. The molecule has 2 aliphatic rings. The maximum atomic E-state index is 12.3. The highest BCUT2D eigenvalue weighted by Crippen LogP contribution is 2.29. The van der Waals surface area contributed by atoms with Crippen molar-refractivity contribution in [2.24, 2.45) is 17.6 Å². The Hall–Kier alpha value is -1.10. The summed E-state index contributed by atoms with van der Waals surface area (Å²) in [6.07, 6.45) is 6.33. The molecule has 120 valence electrons. The first kappa shape index (κ1) is 16.3. The van der Waals surface area contributed by atoms with E-state index in [4.69, 9.17) is 5.73 Å². The summed E-state index contributed by atoms with van der Waals surface area (Å²) in [5.74, 6) is 0.921. The van der Waals surface area contributed by atoms with Crippen molar-refractivity contribution in [1.29, 1.82) is 0 Å². The summed E-state index contributed by atoms with van der Waals surface area (Å²) in [6, 6.07) is 0.00488. The lowest BCUT2D eigenvalue weighted by Crippen LogP contribution is -2.53. The Labute approximate surface area is 127 Å². The van der Waals surface area contributed by atoms with E-state index in [9.17, 15) is 9.59 Å². The minimum absolute atomic E-state index is 0.0362. The molecule has 1 heterocycles. The minimum Gasteiger partial charge on any atom is -0.368 e. The van der Waals surface area contributed by atoms with Crippen molar-refractivity contribution in [3.8, 4) is 0 Å². The first-order chi connectivity index (χ1) is 9.99. The second-order valence-corrected chi connectivity index (χ2v) is 6.83. The van der Waals surface area contributed by atoms with E-state index in [0.29, 0.717) is 18.4 Å². The zero-order valence-corrected chi connectivity index (χ0v) is 13.3. The molecule has 0 bridgehead atoms. The van der Waals surface area contributed by atoms with Crippen molar-refractivity contribution in [2.45, 2.75) is 64.5 Å². The van der Waals surface area contributed by atoms with Crippen molar-refractivity contribution < 1.29 is 9.59 Å². The zero-order chi connectivity index (χ0) is 15.4. The van der Waals surface area contributed by atoms with Gasteiger partial charge >= 0.3 is 0 Å². The van der Waals surface area contributed by atoms with E-state index in [1.807, 2.05) is 4.90 Å². The fourth-order valence-corrected chi connectivity index (χ4v) is 3.73. The highest BCUT2D eigenvalue weighted by atomic mass is 16.2. The average Bonchev–Trinajstić information content (AvgIpc) is 2.44. The number of piperidine rings is 1. The minimum atomic E-state index is -0.304. The van der Waals surface area contributed by atoms with Gasteiger partial charge in [0.25, 0.3) is 0 Å². The van der Waals surface area contributed by atoms with E-state index >= 15 is 0 Å². The molecule has 0 aromatic carbocycles. The lowest BCUT2D eigenvalue weighted by Gasteiger charge is -2.36. The Morgan fingerprint density at radius 2 is 1.90 bits per heavy atom. The number of rotatable bonds is 4. The van der Waals surface area contributed by atoms with Crippen LogP contribution in [0.15, 0.2) is 0 Å². The van der Waals surface area contributed by atoms with Crippen LogP contribution in [0.4, 0.5) is 0 Å². The third-order valence-corrected chi connectivity index (χ3v) is 5.34. The predicted octanol–water partition coefficient (Wildman–Crippen LogP) is 1.27. The van der Waals surface area contributed by atoms with Gasteiger partial charge in [-0.3, -0.25) is 14.5 Å². The van der Waals surface area contributed by atoms with Crippen molar-refractivity contribution in [3.05, 3.63) is 0 Å². The van der Waals surface area contributed by atoms with Gasteiger partial charge in [-0.2, -0.15) is 0 Å². The SMILES string of the molecule is CC1CCCC(NC(=O)CN2CCCCC2C(N)=O)C1C. The van der Waals surface area contributed by atoms with Crippen molar-refractivity contribution >= 4 is 11.8 Å². The van der Waals surface area contributed by atoms with Crippen LogP contribution in [0, 0.1) is 11.8 Å². The molecule has 5 heteroatoms. The molecular weight excluding hydrogens is 266 g/mol. The number of primary amides is 1. The van der Waals surface area contributed by atoms with Crippen LogP contribution in [-0.2, 0) is 9.59 Å². The number of nitrogens with zero attached hydrogens (tertiary/aromatic N) is 1. The number of hydrogen-bond donors (Lipinski definition) is 2. The Kier molecular flexibility index (Phi) is 5.62. The number of carbonyl (C=O) groups excluding carboxylic acids is 2. The summed E-state index contributed by atoms with van der Waals surface area (Å²) in [6.45, 7) is 5.57. The van der Waals surface area contributed by atoms with Crippen LogP contribution in [0.1, 0.15) is 52.4 Å². The molecule has 2 fully saturated rings. The van der Waals surface area contributed by atoms with Gasteiger partial charge in [0, 0.05) is 6.04 Å². The maximum Gasteiger partial charge on any atom is 0.234 e. The molecule has 2 amide bonds. The van der Waals surface area contributed by atoms with E-state index in [1.54, 1.807) is 0 Å². The van der Waals surface area contributed by atoms with Crippen molar-refractivity contribution in [3.63, 3.8) is 0 Å². The lowest BCUT2D eigenvalue weighted by molar-refractivity contribution is -0.128. The maximum absolute atomic E-state index is 12.3. The van der Waals surface area contributed by atoms with Crippen LogP contribution in [-0.4, -0.2) is 41.9 Å². The number of nitrogens with two attached hydrogens (primary N) is 1. The third kappa shape index (κ3) is 4.19. The predicted molar refractivity (Wildman–Crippen MR) is 82.5 cm³/mol. The molecular formula is C16H29N3O2. The fourth-order valence-electron chi connectivity index (χ4n) is 3.73. The molecule has 21 heavy (non-hydrogen) atoms. The lowest BCUT2D eigenvalue weighted by atomic mass is 9.78. The van der Waals surface area contributed by atoms with E-state index < -0.39 is 0 Å². The van der Waals surface area contributed by atoms with Gasteiger partial charge in [-0.25, -0.2) is 0 Å². The van der Waals surface area contributed by atoms with E-state index in [2.05, 4.69) is 19.2 Å². The molecule has 1 saturated heterocycles. The molecule has 5 nitrogen and oxygen atoms in total. The quantitative estimate of drug-likeness (QED) is 0.820. The first-order valence-corrected chi connectivity index (χ1v) is 8.31. The molecule has 0 radical (unpaired) electrons. The third-order valence-electron chi connectivity index (χ3n) is 5.34. The normalized spacial score (nSPS) is 34.4. The van der Waals surface area contributed by atoms with Crippen LogP contribution in [0.3, 0.4) is 0 Å². The number of hydrogen-bond acceptors (Lipinski definition) is 3. The van der Waals surface area contributed by atoms with Gasteiger partial charge in [-0.1, -0.05) is 33.1 Å². The summed E-state index contributed by atoms with van der Waals surface area (Å²) in [5.41, 5.74) is 5.45. The number of likely N-dealkylation sites (tertiary alicyclic amines) is 1. The molecule has 0 aromatic rings. The summed E-state index contributed by atoms with van der Waals surface area (Å²) < 4.78 is 0. The first-order valence-electron chi connectivity index (χ1n) is 8.31. The molecule has 2 rings (SSSR count). The van der Waals surface area contributed by atoms with Crippen molar-refractivity contribution in [1.82, 2.24) is 10.2 Å². The standard InChI is InChI=1S/C16H29N3O2/c1-11-6-5-7-13(12(11)2)18-15(20)10-19-9-4-3-8-14(19)16(17)21/h11-14H,3-10H2,1-2H3,(H2,17,21)(H,18,20). The largest absolute Gasteiger partial charge is 0.368 e. The monoisotopic (exact) mass is 295 g/mol. The fraction of sp³-hybridized carbons (Fsp3) is 0.875. The molecule has 0 aromatic heterocycles. The van der Waals surface area contributed by atoms with Crippen LogP contribution < -0.4 is 11.1 Å². The Morgan fingerprint density at radius 1 is 1.14 bits per heavy atom. The molecule has 4 unspecified atom stereocenters. The number of nitrogens with one attached hydrogen (secondary N) is 1. The molecule has 0 spiro atoms. The van der Waals surface area contributed by atoms with Gasteiger partial charge in [-0.15, -0.1) is 0 Å². The average molecular weight is 295 g/mol. The molecule has 1 saturated carbocycles. The van der Waals surface area contributed by atoms with Crippen LogP contribution in [0.2, 0.25) is 0 Å². The Morgan fingerprint density at radius 3 is 2.62 bits per heavy atom. The van der Waals surface area contributed by atoms with Gasteiger partial charge in [-0.05, 0) is 37.6 Å². The second-order valence-electron chi connectivity index (χ2n) is 6.83. The topological polar surface area (TPSA) is 75.4 Å². The zero-order valence-electron chi connectivity index (χ0n) is 13.3. The molecule has 1 aliphatic heterocycles. The second kappa shape index (κ2) is 7.25. The smallest absolute Gasteiger partial charge is 0.234 e. The summed E-state index contributed by atoms with van der Waals surface area (Å²) >= 11 is 0. The van der Waals surface area contributed by atoms with Gasteiger partial charge in [0.1, 0.15) is 0 Å². The number of amides is 2. The van der Waals surface area contributed by atoms with E-state index in [-0.39, 0.29) is 23.9 Å².